The van der Waals surface area contributed by atoms with E-state index in [1.165, 1.54) is 20.3 Å². The first-order valence-electron chi connectivity index (χ1n) is 17.3. The Morgan fingerprint density at radius 1 is 1.14 bits per heavy atom. The summed E-state index contributed by atoms with van der Waals surface area (Å²) in [5.74, 6) is -7.48. The van der Waals surface area contributed by atoms with Gasteiger partial charge in [0.1, 0.15) is 18.3 Å². The Labute approximate surface area is 296 Å². The van der Waals surface area contributed by atoms with E-state index < -0.39 is 72.2 Å². The highest BCUT2D eigenvalue weighted by Crippen LogP contribution is 2.41. The Hall–Kier alpha value is -3.29. The summed E-state index contributed by atoms with van der Waals surface area (Å²) in [6.07, 6.45) is 5.90. The average Bonchev–Trinajstić information content (AvgIpc) is 3.06. The van der Waals surface area contributed by atoms with Crippen LogP contribution in [-0.2, 0) is 38.1 Å². The van der Waals surface area contributed by atoms with Crippen LogP contribution >= 0.6 is 0 Å². The predicted octanol–water partition coefficient (Wildman–Crippen LogP) is 4.64. The van der Waals surface area contributed by atoms with Crippen molar-refractivity contribution in [2.45, 2.75) is 117 Å². The lowest BCUT2D eigenvalue weighted by Crippen LogP contribution is -2.58. The first-order chi connectivity index (χ1) is 23.4. The Kier molecular flexibility index (Phi) is 16.6. The number of carboxylic acid groups (broad SMARTS) is 1. The van der Waals surface area contributed by atoms with Gasteiger partial charge in [0.2, 0.25) is 5.76 Å². The molecule has 0 aromatic rings. The third kappa shape index (κ3) is 11.6. The Bertz CT molecular complexity index is 1310. The van der Waals surface area contributed by atoms with Crippen molar-refractivity contribution in [1.82, 2.24) is 0 Å². The molecular formula is C38H58O12. The highest BCUT2D eigenvalue weighted by Gasteiger charge is 2.52. The second-order valence-electron chi connectivity index (χ2n) is 13.9. The number of carboxylic acids is 1. The van der Waals surface area contributed by atoms with Crippen LogP contribution in [0, 0.1) is 29.6 Å². The van der Waals surface area contributed by atoms with Crippen LogP contribution in [0.15, 0.2) is 59.4 Å². The summed E-state index contributed by atoms with van der Waals surface area (Å²) in [6.45, 7) is 14.6. The molecule has 1 fully saturated rings. The van der Waals surface area contributed by atoms with Gasteiger partial charge in [-0.05, 0) is 38.7 Å². The van der Waals surface area contributed by atoms with E-state index in [-0.39, 0.29) is 29.9 Å². The fourth-order valence-corrected chi connectivity index (χ4v) is 6.76. The van der Waals surface area contributed by atoms with Crippen molar-refractivity contribution >= 4 is 17.9 Å². The zero-order chi connectivity index (χ0) is 37.9. The molecule has 12 heteroatoms. The molecule has 0 aliphatic carbocycles. The molecule has 0 aromatic heterocycles. The van der Waals surface area contributed by atoms with E-state index >= 15 is 0 Å². The number of allylic oxidation sites excluding steroid dienone is 5. The lowest BCUT2D eigenvalue weighted by atomic mass is 9.77. The molecule has 12 atom stereocenters. The highest BCUT2D eigenvalue weighted by atomic mass is 16.6. The fraction of sp³-hybridized carbons (Fsp3) is 0.658. The number of carbonyl (C=O) groups excluding carboxylic acids is 2. The van der Waals surface area contributed by atoms with Crippen LogP contribution < -0.4 is 0 Å². The third-order valence-electron chi connectivity index (χ3n) is 9.93. The molecule has 2 rings (SSSR count). The van der Waals surface area contributed by atoms with E-state index in [2.05, 4.69) is 0 Å². The third-order valence-corrected chi connectivity index (χ3v) is 9.93. The summed E-state index contributed by atoms with van der Waals surface area (Å²) in [5, 5.41) is 43.6. The van der Waals surface area contributed by atoms with Crippen LogP contribution in [-0.4, -0.2) is 95.0 Å². The molecule has 0 aromatic carbocycles. The molecule has 2 aliphatic rings. The van der Waals surface area contributed by atoms with Crippen molar-refractivity contribution in [3.8, 4) is 0 Å². The summed E-state index contributed by atoms with van der Waals surface area (Å²) >= 11 is 0. The van der Waals surface area contributed by atoms with Crippen molar-refractivity contribution < 1.29 is 58.5 Å². The minimum atomic E-state index is -1.97. The molecule has 0 radical (unpaired) electrons. The van der Waals surface area contributed by atoms with Crippen LogP contribution in [0.25, 0.3) is 0 Å². The quantitative estimate of drug-likeness (QED) is 0.183. The molecular weight excluding hydrogens is 648 g/mol. The molecule has 0 amide bonds. The number of esters is 2. The van der Waals surface area contributed by atoms with Gasteiger partial charge in [0.15, 0.2) is 5.79 Å². The Morgan fingerprint density at radius 2 is 1.80 bits per heavy atom. The van der Waals surface area contributed by atoms with E-state index in [9.17, 15) is 29.7 Å². The number of hydrogen-bond acceptors (Lipinski definition) is 11. The first-order valence-corrected chi connectivity index (χ1v) is 17.3. The zero-order valence-electron chi connectivity index (χ0n) is 31.1. The molecule has 282 valence electrons. The number of aliphatic hydroxyl groups excluding tert-OH is 2. The number of cyclic esters (lactones) is 1. The van der Waals surface area contributed by atoms with Crippen LogP contribution in [0.3, 0.4) is 0 Å². The number of ether oxygens (including phenoxy) is 5. The maximum Gasteiger partial charge on any atom is 0.373 e. The van der Waals surface area contributed by atoms with Gasteiger partial charge < -0.3 is 44.1 Å². The maximum absolute atomic E-state index is 13.6. The van der Waals surface area contributed by atoms with Crippen molar-refractivity contribution in [2.24, 2.45) is 29.6 Å². The van der Waals surface area contributed by atoms with Gasteiger partial charge in [-0.2, -0.15) is 0 Å². The van der Waals surface area contributed by atoms with Crippen LogP contribution in [0.4, 0.5) is 0 Å². The standard InChI is InChI=1S/C38H58O12/c1-11-28-25(6)31(48-33(41)16-15-32(39)40)20-38(45,50-28)27(8)35(43)26(7)36-29(46-9)14-12-13-21(2)17-23(4)34(42)24(5)18-22(3)19-30(47-10)37(44)49-36/h12-16,18-19,23-29,31,34-36,42-43,45H,11,17,20H2,1-10H3,(H,39,40). The average molecular weight is 707 g/mol. The lowest BCUT2D eigenvalue weighted by Gasteiger charge is -2.49. The molecule has 12 unspecified atom stereocenters. The minimum absolute atomic E-state index is 0.0440. The molecule has 2 aliphatic heterocycles. The van der Waals surface area contributed by atoms with Gasteiger partial charge in [-0.3, -0.25) is 0 Å². The van der Waals surface area contributed by atoms with Gasteiger partial charge >= 0.3 is 17.9 Å². The van der Waals surface area contributed by atoms with Crippen molar-refractivity contribution in [2.75, 3.05) is 14.2 Å². The van der Waals surface area contributed by atoms with Crippen LogP contribution in [0.5, 0.6) is 0 Å². The predicted molar refractivity (Wildman–Crippen MR) is 186 cm³/mol. The van der Waals surface area contributed by atoms with Gasteiger partial charge in [-0.1, -0.05) is 77.0 Å². The van der Waals surface area contributed by atoms with E-state index in [1.807, 2.05) is 46.8 Å². The summed E-state index contributed by atoms with van der Waals surface area (Å²) in [7, 11) is 2.80. The topological polar surface area (TPSA) is 178 Å². The number of carbonyl (C=O) groups is 3. The van der Waals surface area contributed by atoms with E-state index in [1.54, 1.807) is 32.9 Å². The summed E-state index contributed by atoms with van der Waals surface area (Å²) < 4.78 is 28.9. The molecule has 12 nitrogen and oxygen atoms in total. The van der Waals surface area contributed by atoms with Crippen molar-refractivity contribution in [1.29, 1.82) is 0 Å². The first kappa shape index (κ1) is 42.9. The number of methoxy groups -OCH3 is 2. The van der Waals surface area contributed by atoms with Gasteiger partial charge in [0.05, 0.1) is 25.4 Å². The van der Waals surface area contributed by atoms with Crippen LogP contribution in [0.1, 0.15) is 74.7 Å². The molecule has 0 spiro atoms. The monoisotopic (exact) mass is 706 g/mol. The molecule has 0 saturated carbocycles. The smallest absolute Gasteiger partial charge is 0.373 e. The maximum atomic E-state index is 13.6. The highest BCUT2D eigenvalue weighted by molar-refractivity contribution is 5.90. The molecule has 4 N–H and O–H groups in total. The molecule has 1 saturated heterocycles. The van der Waals surface area contributed by atoms with Gasteiger partial charge in [0, 0.05) is 49.4 Å². The van der Waals surface area contributed by atoms with Crippen molar-refractivity contribution in [3.63, 3.8) is 0 Å². The molecule has 2 heterocycles. The second-order valence-corrected chi connectivity index (χ2v) is 13.9. The number of rotatable bonds is 10. The van der Waals surface area contributed by atoms with Gasteiger partial charge in [-0.15, -0.1) is 0 Å². The SMILES string of the molecule is CCC1OC(O)(C(C)C(O)C(C)C2OC(=O)C(OC)=CC(C)=CC(C)C(O)C(C)CC(C)=CC=CC2OC)CC(OC(=O)C=CC(=O)O)C1C. The summed E-state index contributed by atoms with van der Waals surface area (Å²) in [5.41, 5.74) is 1.70. The number of hydrogen-bond donors (Lipinski definition) is 4. The zero-order valence-corrected chi connectivity index (χ0v) is 31.1. The van der Waals surface area contributed by atoms with Crippen molar-refractivity contribution in [3.05, 3.63) is 59.4 Å². The number of aliphatic carboxylic acids is 1. The van der Waals surface area contributed by atoms with E-state index in [0.29, 0.717) is 24.5 Å². The molecule has 0 bridgehead atoms. The van der Waals surface area contributed by atoms with Gasteiger partial charge in [0.25, 0.3) is 0 Å². The molecule has 50 heavy (non-hydrogen) atoms. The summed E-state index contributed by atoms with van der Waals surface area (Å²) in [6, 6.07) is 0. The lowest BCUT2D eigenvalue weighted by molar-refractivity contribution is -0.323. The van der Waals surface area contributed by atoms with E-state index in [4.69, 9.17) is 28.8 Å². The normalized spacial score (nSPS) is 33.7. The van der Waals surface area contributed by atoms with E-state index in [0.717, 1.165) is 11.6 Å². The summed E-state index contributed by atoms with van der Waals surface area (Å²) in [4.78, 5) is 36.9. The fourth-order valence-electron chi connectivity index (χ4n) is 6.76. The Balaban J connectivity index is 2.52. The second kappa shape index (κ2) is 19.4. The number of aliphatic hydroxyl groups is 3. The van der Waals surface area contributed by atoms with Gasteiger partial charge in [-0.25, -0.2) is 14.4 Å². The Morgan fingerprint density at radius 3 is 2.38 bits per heavy atom. The largest absolute Gasteiger partial charge is 0.490 e. The van der Waals surface area contributed by atoms with Crippen LogP contribution in [0.2, 0.25) is 0 Å². The minimum Gasteiger partial charge on any atom is -0.490 e.